The molecule has 0 spiro atoms. The van der Waals surface area contributed by atoms with E-state index in [1.54, 1.807) is 11.5 Å². The summed E-state index contributed by atoms with van der Waals surface area (Å²) in [6.07, 6.45) is 10.7. The molecule has 1 aromatic rings. The van der Waals surface area contributed by atoms with Crippen molar-refractivity contribution in [3.05, 3.63) is 17.1 Å². The minimum atomic E-state index is 0.524. The van der Waals surface area contributed by atoms with Crippen LogP contribution in [-0.2, 0) is 11.3 Å². The van der Waals surface area contributed by atoms with E-state index in [0.717, 1.165) is 25.0 Å². The first kappa shape index (κ1) is 17.0. The Hall–Kier alpha value is -0.490. The van der Waals surface area contributed by atoms with Crippen LogP contribution in [-0.4, -0.2) is 59.6 Å². The number of likely N-dealkylation sites (tertiary alicyclic amines) is 2. The monoisotopic (exact) mass is 349 g/mol. The number of piperidine rings is 2. The van der Waals surface area contributed by atoms with E-state index in [9.17, 15) is 0 Å². The van der Waals surface area contributed by atoms with Gasteiger partial charge in [-0.3, -0.25) is 4.90 Å². The molecule has 134 valence electrons. The number of hydrogen-bond acceptors (Lipinski definition) is 5. The fraction of sp³-hybridized carbons (Fsp3) is 0.842. The van der Waals surface area contributed by atoms with Gasteiger partial charge in [-0.1, -0.05) is 0 Å². The molecule has 3 saturated heterocycles. The van der Waals surface area contributed by atoms with Crippen LogP contribution < -0.4 is 0 Å². The summed E-state index contributed by atoms with van der Waals surface area (Å²) in [5.74, 6) is 1.93. The molecule has 3 fully saturated rings. The maximum absolute atomic E-state index is 5.80. The van der Waals surface area contributed by atoms with Gasteiger partial charge in [0.15, 0.2) is 0 Å². The lowest BCUT2D eigenvalue weighted by Crippen LogP contribution is -2.42. The van der Waals surface area contributed by atoms with E-state index in [2.05, 4.69) is 19.6 Å². The zero-order valence-corrected chi connectivity index (χ0v) is 15.6. The van der Waals surface area contributed by atoms with Crippen molar-refractivity contribution in [1.29, 1.82) is 0 Å². The van der Waals surface area contributed by atoms with Crippen LogP contribution in [0.1, 0.15) is 44.1 Å². The summed E-state index contributed by atoms with van der Waals surface area (Å²) in [5.41, 5.74) is 1.39. The molecule has 0 amide bonds. The van der Waals surface area contributed by atoms with Crippen LogP contribution >= 0.6 is 11.5 Å². The predicted octanol–water partition coefficient (Wildman–Crippen LogP) is 3.25. The standard InChI is InChI=1S/C19H31N3OS/c1-2-19(23-11-1)14-22-9-5-18(6-10-22)17-3-7-21(8-4-17)13-16-12-20-24-15-16/h12,15,17-19H,1-11,13-14H2. The maximum atomic E-state index is 5.80. The lowest BCUT2D eigenvalue weighted by Gasteiger charge is -2.40. The second-order valence-electron chi connectivity index (χ2n) is 7.92. The molecule has 3 aliphatic rings. The molecule has 0 aliphatic carbocycles. The zero-order chi connectivity index (χ0) is 16.2. The maximum Gasteiger partial charge on any atom is 0.0702 e. The summed E-state index contributed by atoms with van der Waals surface area (Å²) in [7, 11) is 0. The lowest BCUT2D eigenvalue weighted by molar-refractivity contribution is 0.0457. The number of ether oxygens (including phenoxy) is 1. The van der Waals surface area contributed by atoms with E-state index in [-0.39, 0.29) is 0 Å². The highest BCUT2D eigenvalue weighted by Crippen LogP contribution is 2.33. The molecule has 1 atom stereocenters. The third-order valence-electron chi connectivity index (χ3n) is 6.31. The van der Waals surface area contributed by atoms with Gasteiger partial charge in [-0.15, -0.1) is 0 Å². The lowest BCUT2D eigenvalue weighted by atomic mass is 9.78. The molecule has 4 nitrogen and oxygen atoms in total. The van der Waals surface area contributed by atoms with E-state index < -0.39 is 0 Å². The van der Waals surface area contributed by atoms with Crippen molar-refractivity contribution in [3.63, 3.8) is 0 Å². The molecule has 5 heteroatoms. The summed E-state index contributed by atoms with van der Waals surface area (Å²) in [5, 5.41) is 2.19. The molecule has 1 aromatic heterocycles. The summed E-state index contributed by atoms with van der Waals surface area (Å²) < 4.78 is 10.0. The minimum absolute atomic E-state index is 0.524. The van der Waals surface area contributed by atoms with E-state index in [0.29, 0.717) is 6.10 Å². The number of aromatic nitrogens is 1. The van der Waals surface area contributed by atoms with E-state index in [4.69, 9.17) is 4.74 Å². The highest BCUT2D eigenvalue weighted by Gasteiger charge is 2.30. The Bertz CT molecular complexity index is 473. The number of rotatable bonds is 5. The van der Waals surface area contributed by atoms with Crippen molar-refractivity contribution in [2.24, 2.45) is 11.8 Å². The van der Waals surface area contributed by atoms with Crippen LogP contribution in [0.15, 0.2) is 11.6 Å². The summed E-state index contributed by atoms with van der Waals surface area (Å²) in [6, 6.07) is 0. The smallest absolute Gasteiger partial charge is 0.0702 e. The first-order valence-corrected chi connectivity index (χ1v) is 10.6. The molecule has 0 bridgehead atoms. The van der Waals surface area contributed by atoms with E-state index >= 15 is 0 Å². The van der Waals surface area contributed by atoms with Gasteiger partial charge >= 0.3 is 0 Å². The van der Waals surface area contributed by atoms with Crippen molar-refractivity contribution in [1.82, 2.24) is 14.2 Å². The largest absolute Gasteiger partial charge is 0.377 e. The van der Waals surface area contributed by atoms with Gasteiger partial charge in [0.05, 0.1) is 6.10 Å². The van der Waals surface area contributed by atoms with Crippen molar-refractivity contribution < 1.29 is 4.74 Å². The zero-order valence-electron chi connectivity index (χ0n) is 14.7. The van der Waals surface area contributed by atoms with Crippen molar-refractivity contribution in [3.8, 4) is 0 Å². The van der Waals surface area contributed by atoms with Gasteiger partial charge in [0.1, 0.15) is 0 Å². The molecule has 0 N–H and O–H groups in total. The van der Waals surface area contributed by atoms with Gasteiger partial charge < -0.3 is 9.64 Å². The highest BCUT2D eigenvalue weighted by molar-refractivity contribution is 7.03. The van der Waals surface area contributed by atoms with Gasteiger partial charge in [-0.05, 0) is 93.6 Å². The number of nitrogens with zero attached hydrogens (tertiary/aromatic N) is 3. The second kappa shape index (κ2) is 8.26. The molecule has 1 unspecified atom stereocenters. The molecule has 24 heavy (non-hydrogen) atoms. The normalized spacial score (nSPS) is 28.6. The third kappa shape index (κ3) is 4.37. The van der Waals surface area contributed by atoms with Gasteiger partial charge in [0.2, 0.25) is 0 Å². The molecular formula is C19H31N3OS. The summed E-state index contributed by atoms with van der Waals surface area (Å²) in [4.78, 5) is 5.28. The first-order valence-electron chi connectivity index (χ1n) is 9.81. The third-order valence-corrected chi connectivity index (χ3v) is 6.94. The average Bonchev–Trinajstić information content (AvgIpc) is 3.31. The fourth-order valence-corrected chi connectivity index (χ4v) is 5.36. The summed E-state index contributed by atoms with van der Waals surface area (Å²) >= 11 is 1.57. The van der Waals surface area contributed by atoms with Crippen LogP contribution in [0.2, 0.25) is 0 Å². The van der Waals surface area contributed by atoms with Crippen LogP contribution in [0.5, 0.6) is 0 Å². The Labute approximate surface area is 150 Å². The van der Waals surface area contributed by atoms with E-state index in [1.165, 1.54) is 76.8 Å². The quantitative estimate of drug-likeness (QED) is 0.816. The Balaban J connectivity index is 1.17. The predicted molar refractivity (Wildman–Crippen MR) is 98.3 cm³/mol. The van der Waals surface area contributed by atoms with Gasteiger partial charge in [-0.2, -0.15) is 0 Å². The molecular weight excluding hydrogens is 318 g/mol. The number of hydrogen-bond donors (Lipinski definition) is 0. The Morgan fingerprint density at radius 3 is 2.29 bits per heavy atom. The Morgan fingerprint density at radius 2 is 1.71 bits per heavy atom. The molecule has 3 aliphatic heterocycles. The van der Waals surface area contributed by atoms with Gasteiger partial charge in [-0.25, -0.2) is 4.37 Å². The molecule has 4 heterocycles. The fourth-order valence-electron chi connectivity index (χ4n) is 4.83. The van der Waals surface area contributed by atoms with Crippen LogP contribution in [0.3, 0.4) is 0 Å². The van der Waals surface area contributed by atoms with Crippen LogP contribution in [0, 0.1) is 11.8 Å². The van der Waals surface area contributed by atoms with Crippen molar-refractivity contribution in [2.45, 2.75) is 51.2 Å². The molecule has 0 radical (unpaired) electrons. The molecule has 0 aromatic carbocycles. The van der Waals surface area contributed by atoms with E-state index in [1.807, 2.05) is 6.20 Å². The Morgan fingerprint density at radius 1 is 1.00 bits per heavy atom. The topological polar surface area (TPSA) is 28.6 Å². The van der Waals surface area contributed by atoms with Gasteiger partial charge in [0.25, 0.3) is 0 Å². The molecule has 4 rings (SSSR count). The summed E-state index contributed by atoms with van der Waals surface area (Å²) in [6.45, 7) is 8.41. The highest BCUT2D eigenvalue weighted by atomic mass is 32.1. The van der Waals surface area contributed by atoms with Gasteiger partial charge in [0, 0.05) is 31.3 Å². The Kier molecular flexibility index (Phi) is 5.83. The second-order valence-corrected chi connectivity index (χ2v) is 8.58. The van der Waals surface area contributed by atoms with Crippen molar-refractivity contribution >= 4 is 11.5 Å². The van der Waals surface area contributed by atoms with Crippen LogP contribution in [0.4, 0.5) is 0 Å². The van der Waals surface area contributed by atoms with Crippen LogP contribution in [0.25, 0.3) is 0 Å². The average molecular weight is 350 g/mol. The molecule has 0 saturated carbocycles. The van der Waals surface area contributed by atoms with Crippen molar-refractivity contribution in [2.75, 3.05) is 39.3 Å². The minimum Gasteiger partial charge on any atom is -0.377 e. The SMILES string of the molecule is c1nscc1CN1CCC(C2CCN(CC3CCCO3)CC2)CC1. The first-order chi connectivity index (χ1) is 11.9.